The van der Waals surface area contributed by atoms with E-state index < -0.39 is 11.9 Å². The maximum atomic E-state index is 13.1. The van der Waals surface area contributed by atoms with Crippen molar-refractivity contribution < 1.29 is 18.9 Å². The first-order valence-corrected chi connectivity index (χ1v) is 12.1. The number of hydrogen-bond donors (Lipinski definition) is 2. The molecule has 1 aliphatic heterocycles. The zero-order chi connectivity index (χ0) is 25.7. The van der Waals surface area contributed by atoms with Crippen LogP contribution in [0.4, 0.5) is 0 Å². The maximum absolute atomic E-state index is 13.1. The molecule has 9 heteroatoms. The number of nitrogens with one attached hydrogen (secondary N) is 1. The molecule has 0 aliphatic carbocycles. The van der Waals surface area contributed by atoms with Crippen LogP contribution in [-0.2, 0) is 16.0 Å². The summed E-state index contributed by atoms with van der Waals surface area (Å²) in [6, 6.07) is 16.7. The van der Waals surface area contributed by atoms with Crippen molar-refractivity contribution in [3.63, 3.8) is 0 Å². The van der Waals surface area contributed by atoms with Crippen molar-refractivity contribution in [1.82, 2.24) is 20.6 Å². The molecule has 36 heavy (non-hydrogen) atoms. The summed E-state index contributed by atoms with van der Waals surface area (Å²) in [6.45, 7) is 4.33. The van der Waals surface area contributed by atoms with Gasteiger partial charge in [0.25, 0.3) is 0 Å². The highest BCUT2D eigenvalue weighted by atomic mass is 16.5. The molecule has 1 aromatic heterocycles. The third kappa shape index (κ3) is 6.04. The van der Waals surface area contributed by atoms with Gasteiger partial charge < -0.3 is 15.6 Å². The lowest BCUT2D eigenvalue weighted by Gasteiger charge is -2.40. The fourth-order valence-electron chi connectivity index (χ4n) is 4.81. The summed E-state index contributed by atoms with van der Waals surface area (Å²) in [6.07, 6.45) is 0.890. The van der Waals surface area contributed by atoms with Gasteiger partial charge in [0.1, 0.15) is 0 Å². The van der Waals surface area contributed by atoms with Crippen LogP contribution in [0.15, 0.2) is 59.1 Å². The van der Waals surface area contributed by atoms with Gasteiger partial charge in [-0.15, -0.1) is 5.10 Å². The van der Waals surface area contributed by atoms with E-state index in [2.05, 4.69) is 15.7 Å². The molecule has 0 radical (unpaired) electrons. The standard InChI is InChI=1S/C27H31N5O4/c1-17-7-6-8-19(11-17)14-24-26(30-31-36-24)23(33)13-18(2)12-21(27(28)35)32-16-25(34)29-15-22(32)20-9-4-3-5-10-20/h3-11,18,21-22H,12-16H2,1-2H3,(H2,28,35)(H,29,34)/t18-,21+,22-/m0/s1. The van der Waals surface area contributed by atoms with Crippen LogP contribution in [-0.4, -0.2) is 52.0 Å². The van der Waals surface area contributed by atoms with Gasteiger partial charge in [-0.1, -0.05) is 67.1 Å². The zero-order valence-corrected chi connectivity index (χ0v) is 20.5. The Labute approximate surface area is 210 Å². The predicted octanol–water partition coefficient (Wildman–Crippen LogP) is 2.59. The minimum absolute atomic E-state index is 0.0572. The van der Waals surface area contributed by atoms with E-state index in [9.17, 15) is 14.4 Å². The third-order valence-corrected chi connectivity index (χ3v) is 6.56. The molecule has 1 aliphatic rings. The molecule has 2 aromatic carbocycles. The Morgan fingerprint density at radius 2 is 1.97 bits per heavy atom. The van der Waals surface area contributed by atoms with Gasteiger partial charge in [-0.3, -0.25) is 19.3 Å². The van der Waals surface area contributed by atoms with E-state index in [0.29, 0.717) is 25.1 Å². The van der Waals surface area contributed by atoms with Crippen LogP contribution >= 0.6 is 0 Å². The van der Waals surface area contributed by atoms with Gasteiger partial charge in [0.15, 0.2) is 17.2 Å². The molecule has 3 atom stereocenters. The quantitative estimate of drug-likeness (QED) is 0.419. The molecule has 3 aromatic rings. The van der Waals surface area contributed by atoms with Crippen molar-refractivity contribution >= 4 is 17.6 Å². The Morgan fingerprint density at radius 1 is 1.19 bits per heavy atom. The molecule has 1 saturated heterocycles. The van der Waals surface area contributed by atoms with Crippen molar-refractivity contribution in [2.75, 3.05) is 13.1 Å². The van der Waals surface area contributed by atoms with Gasteiger partial charge in [-0.25, -0.2) is 0 Å². The Balaban J connectivity index is 1.46. The molecule has 0 saturated carbocycles. The van der Waals surface area contributed by atoms with E-state index in [1.807, 2.05) is 73.3 Å². The number of piperazine rings is 1. The minimum atomic E-state index is -0.703. The summed E-state index contributed by atoms with van der Waals surface area (Å²) in [5.41, 5.74) is 9.12. The summed E-state index contributed by atoms with van der Waals surface area (Å²) in [5.74, 6) is -0.661. The van der Waals surface area contributed by atoms with E-state index >= 15 is 0 Å². The van der Waals surface area contributed by atoms with Gasteiger partial charge in [0.05, 0.1) is 18.6 Å². The molecule has 188 valence electrons. The summed E-state index contributed by atoms with van der Waals surface area (Å²) < 4.78 is 5.29. The summed E-state index contributed by atoms with van der Waals surface area (Å²) >= 11 is 0. The van der Waals surface area contributed by atoms with E-state index in [1.165, 1.54) is 0 Å². The summed E-state index contributed by atoms with van der Waals surface area (Å²) in [5, 5.41) is 10.4. The molecule has 0 bridgehead atoms. The lowest BCUT2D eigenvalue weighted by Crippen LogP contribution is -2.57. The van der Waals surface area contributed by atoms with Gasteiger partial charge in [0.2, 0.25) is 11.8 Å². The molecular weight excluding hydrogens is 458 g/mol. The highest BCUT2D eigenvalue weighted by molar-refractivity contribution is 5.95. The fourth-order valence-corrected chi connectivity index (χ4v) is 4.81. The Hall–Kier alpha value is -3.85. The number of carbonyl (C=O) groups is 3. The predicted molar refractivity (Wildman–Crippen MR) is 133 cm³/mol. The normalized spacial score (nSPS) is 17.8. The molecule has 0 unspecified atom stereocenters. The van der Waals surface area contributed by atoms with E-state index in [0.717, 1.165) is 16.7 Å². The second-order valence-corrected chi connectivity index (χ2v) is 9.50. The topological polar surface area (TPSA) is 131 Å². The first-order chi connectivity index (χ1) is 17.3. The molecule has 9 nitrogen and oxygen atoms in total. The molecule has 2 heterocycles. The van der Waals surface area contributed by atoms with E-state index in [1.54, 1.807) is 0 Å². The average Bonchev–Trinajstić information content (AvgIpc) is 3.31. The number of aryl methyl sites for hydroxylation is 1. The van der Waals surface area contributed by atoms with Crippen molar-refractivity contribution in [2.24, 2.45) is 11.7 Å². The molecular formula is C27H31N5O4. The number of hydrogen-bond acceptors (Lipinski definition) is 7. The molecule has 1 fully saturated rings. The minimum Gasteiger partial charge on any atom is -0.368 e. The van der Waals surface area contributed by atoms with Crippen molar-refractivity contribution in [1.29, 1.82) is 0 Å². The van der Waals surface area contributed by atoms with Crippen molar-refractivity contribution in [2.45, 2.75) is 45.2 Å². The van der Waals surface area contributed by atoms with Gasteiger partial charge in [0, 0.05) is 24.7 Å². The highest BCUT2D eigenvalue weighted by Crippen LogP contribution is 2.28. The maximum Gasteiger partial charge on any atom is 0.234 e. The summed E-state index contributed by atoms with van der Waals surface area (Å²) in [7, 11) is 0. The van der Waals surface area contributed by atoms with Gasteiger partial charge in [-0.05, 0) is 30.4 Å². The lowest BCUT2D eigenvalue weighted by molar-refractivity contribution is -0.132. The Morgan fingerprint density at radius 3 is 2.69 bits per heavy atom. The average molecular weight is 490 g/mol. The first-order valence-electron chi connectivity index (χ1n) is 12.1. The SMILES string of the molecule is Cc1cccc(Cc2onnc2C(=O)C[C@@H](C)C[C@H](C(N)=O)N2CC(=O)NC[C@H]2c2ccccc2)c1. The monoisotopic (exact) mass is 489 g/mol. The van der Waals surface area contributed by atoms with Crippen molar-refractivity contribution in [3.05, 3.63) is 82.7 Å². The second-order valence-electron chi connectivity index (χ2n) is 9.50. The van der Waals surface area contributed by atoms with Crippen molar-refractivity contribution in [3.8, 4) is 0 Å². The number of amides is 2. The van der Waals surface area contributed by atoms with Gasteiger partial charge in [-0.2, -0.15) is 0 Å². The van der Waals surface area contributed by atoms with E-state index in [-0.39, 0.29) is 42.3 Å². The number of nitrogens with two attached hydrogens (primary N) is 1. The third-order valence-electron chi connectivity index (χ3n) is 6.56. The highest BCUT2D eigenvalue weighted by Gasteiger charge is 2.37. The molecule has 0 spiro atoms. The van der Waals surface area contributed by atoms with Crippen LogP contribution in [0.1, 0.15) is 58.7 Å². The van der Waals surface area contributed by atoms with E-state index in [4.69, 9.17) is 10.3 Å². The Kier molecular flexibility index (Phi) is 7.90. The molecule has 3 N–H and O–H groups in total. The number of aromatic nitrogens is 2. The second kappa shape index (κ2) is 11.3. The Bertz CT molecular complexity index is 1230. The van der Waals surface area contributed by atoms with Crippen LogP contribution in [0.2, 0.25) is 0 Å². The van der Waals surface area contributed by atoms with Crippen LogP contribution in [0.3, 0.4) is 0 Å². The molecule has 4 rings (SSSR count). The van der Waals surface area contributed by atoms with Crippen LogP contribution in [0, 0.1) is 12.8 Å². The molecule has 2 amide bonds. The van der Waals surface area contributed by atoms with Crippen LogP contribution < -0.4 is 11.1 Å². The van der Waals surface area contributed by atoms with Crippen LogP contribution in [0.25, 0.3) is 0 Å². The number of primary amides is 1. The summed E-state index contributed by atoms with van der Waals surface area (Å²) in [4.78, 5) is 39.7. The lowest BCUT2D eigenvalue weighted by atomic mass is 9.91. The number of rotatable bonds is 10. The number of nitrogens with zero attached hydrogens (tertiary/aromatic N) is 3. The number of ketones is 1. The van der Waals surface area contributed by atoms with Crippen LogP contribution in [0.5, 0.6) is 0 Å². The zero-order valence-electron chi connectivity index (χ0n) is 20.5. The number of Topliss-reactive ketones (excluding diaryl/α,β-unsaturated/α-hetero) is 1. The largest absolute Gasteiger partial charge is 0.368 e. The number of benzene rings is 2. The first kappa shape index (κ1) is 25.2. The van der Waals surface area contributed by atoms with Gasteiger partial charge >= 0.3 is 0 Å². The number of carbonyl (C=O) groups excluding carboxylic acids is 3. The smallest absolute Gasteiger partial charge is 0.234 e. The fraction of sp³-hybridized carbons (Fsp3) is 0.370.